The molecule has 1 fully saturated rings. The molecule has 1 amide bonds. The molecule has 0 saturated carbocycles. The predicted octanol–water partition coefficient (Wildman–Crippen LogP) is 1.07. The number of amides is 1. The Morgan fingerprint density at radius 3 is 2.83 bits per heavy atom. The standard InChI is InChI=1S/C12H16ClN3O2/c13-9-2-1-3-10(15-11(17)8-14)12(9)16-4-6-18-7-5-16/h1-3H,4-8,14H2,(H,15,17). The van der Waals surface area contributed by atoms with Gasteiger partial charge in [-0.25, -0.2) is 0 Å². The monoisotopic (exact) mass is 269 g/mol. The van der Waals surface area contributed by atoms with Crippen LogP contribution >= 0.6 is 11.6 Å². The van der Waals surface area contributed by atoms with E-state index in [4.69, 9.17) is 22.1 Å². The van der Waals surface area contributed by atoms with E-state index in [0.717, 1.165) is 18.8 Å². The van der Waals surface area contributed by atoms with Crippen molar-refractivity contribution >= 4 is 28.9 Å². The summed E-state index contributed by atoms with van der Waals surface area (Å²) in [5.41, 5.74) is 6.84. The van der Waals surface area contributed by atoms with Crippen LogP contribution in [0.3, 0.4) is 0 Å². The summed E-state index contributed by atoms with van der Waals surface area (Å²) in [7, 11) is 0. The third kappa shape index (κ3) is 2.93. The minimum absolute atomic E-state index is 0.0466. The number of carbonyl (C=O) groups excluding carboxylic acids is 1. The molecule has 1 aliphatic rings. The summed E-state index contributed by atoms with van der Waals surface area (Å²) in [6.45, 7) is 2.80. The number of halogens is 1. The number of nitrogens with zero attached hydrogens (tertiary/aromatic N) is 1. The zero-order valence-electron chi connectivity index (χ0n) is 9.99. The van der Waals surface area contributed by atoms with Crippen molar-refractivity contribution in [3.8, 4) is 0 Å². The average Bonchev–Trinajstić information content (AvgIpc) is 2.40. The molecule has 6 heteroatoms. The number of ether oxygens (including phenoxy) is 1. The van der Waals surface area contributed by atoms with E-state index in [0.29, 0.717) is 23.9 Å². The fourth-order valence-electron chi connectivity index (χ4n) is 1.93. The highest BCUT2D eigenvalue weighted by atomic mass is 35.5. The second kappa shape index (κ2) is 6.04. The van der Waals surface area contributed by atoms with Gasteiger partial charge in [0.05, 0.1) is 36.2 Å². The Hall–Kier alpha value is -1.30. The molecule has 98 valence electrons. The number of nitrogens with one attached hydrogen (secondary N) is 1. The van der Waals surface area contributed by atoms with Crippen LogP contribution in [0, 0.1) is 0 Å². The molecule has 3 N–H and O–H groups in total. The minimum Gasteiger partial charge on any atom is -0.378 e. The summed E-state index contributed by atoms with van der Waals surface area (Å²) in [5.74, 6) is -0.230. The van der Waals surface area contributed by atoms with Gasteiger partial charge >= 0.3 is 0 Å². The molecular weight excluding hydrogens is 254 g/mol. The van der Waals surface area contributed by atoms with Gasteiger partial charge in [-0.05, 0) is 12.1 Å². The zero-order chi connectivity index (χ0) is 13.0. The fraction of sp³-hybridized carbons (Fsp3) is 0.417. The largest absolute Gasteiger partial charge is 0.378 e. The number of anilines is 2. The van der Waals surface area contributed by atoms with Gasteiger partial charge in [-0.2, -0.15) is 0 Å². The van der Waals surface area contributed by atoms with E-state index in [1.54, 1.807) is 6.07 Å². The Labute approximate surface area is 111 Å². The number of nitrogens with two attached hydrogens (primary N) is 1. The smallest absolute Gasteiger partial charge is 0.238 e. The van der Waals surface area contributed by atoms with Gasteiger partial charge in [-0.3, -0.25) is 4.79 Å². The molecule has 0 bridgehead atoms. The molecule has 0 atom stereocenters. The highest BCUT2D eigenvalue weighted by Gasteiger charge is 2.18. The van der Waals surface area contributed by atoms with E-state index in [1.165, 1.54) is 0 Å². The molecular formula is C12H16ClN3O2. The van der Waals surface area contributed by atoms with Crippen molar-refractivity contribution in [3.05, 3.63) is 23.2 Å². The highest BCUT2D eigenvalue weighted by Crippen LogP contribution is 2.34. The van der Waals surface area contributed by atoms with Crippen molar-refractivity contribution in [2.75, 3.05) is 43.1 Å². The van der Waals surface area contributed by atoms with Crippen LogP contribution in [0.5, 0.6) is 0 Å². The first-order valence-electron chi connectivity index (χ1n) is 5.83. The molecule has 1 aromatic rings. The number of hydrogen-bond donors (Lipinski definition) is 2. The second-order valence-corrected chi connectivity index (χ2v) is 4.39. The van der Waals surface area contributed by atoms with E-state index in [2.05, 4.69) is 10.2 Å². The van der Waals surface area contributed by atoms with E-state index in [9.17, 15) is 4.79 Å². The van der Waals surface area contributed by atoms with Gasteiger partial charge in [-0.15, -0.1) is 0 Å². The van der Waals surface area contributed by atoms with Gasteiger partial charge < -0.3 is 20.7 Å². The third-order valence-electron chi connectivity index (χ3n) is 2.77. The van der Waals surface area contributed by atoms with Gasteiger partial charge in [0.15, 0.2) is 0 Å². The lowest BCUT2D eigenvalue weighted by Gasteiger charge is -2.31. The molecule has 0 spiro atoms. The Morgan fingerprint density at radius 1 is 1.44 bits per heavy atom. The number of hydrogen-bond acceptors (Lipinski definition) is 4. The number of rotatable bonds is 3. The van der Waals surface area contributed by atoms with Gasteiger partial charge in [0.1, 0.15) is 0 Å². The Kier molecular flexibility index (Phi) is 4.41. The van der Waals surface area contributed by atoms with Crippen molar-refractivity contribution in [2.24, 2.45) is 5.73 Å². The quantitative estimate of drug-likeness (QED) is 0.862. The summed E-state index contributed by atoms with van der Waals surface area (Å²) >= 11 is 6.22. The molecule has 0 unspecified atom stereocenters. The first-order chi connectivity index (χ1) is 8.72. The average molecular weight is 270 g/mol. The van der Waals surface area contributed by atoms with E-state index in [1.807, 2.05) is 12.1 Å². The second-order valence-electron chi connectivity index (χ2n) is 3.99. The van der Waals surface area contributed by atoms with Crippen molar-refractivity contribution in [1.29, 1.82) is 0 Å². The first-order valence-corrected chi connectivity index (χ1v) is 6.21. The number of benzene rings is 1. The molecule has 0 aliphatic carbocycles. The van der Waals surface area contributed by atoms with Crippen LogP contribution in [-0.2, 0) is 9.53 Å². The molecule has 0 radical (unpaired) electrons. The zero-order valence-corrected chi connectivity index (χ0v) is 10.7. The Morgan fingerprint density at radius 2 is 2.17 bits per heavy atom. The normalized spacial score (nSPS) is 15.6. The lowest BCUT2D eigenvalue weighted by molar-refractivity contribution is -0.114. The summed E-state index contributed by atoms with van der Waals surface area (Å²) < 4.78 is 5.31. The molecule has 1 saturated heterocycles. The summed E-state index contributed by atoms with van der Waals surface area (Å²) in [6, 6.07) is 5.44. The lowest BCUT2D eigenvalue weighted by atomic mass is 10.2. The summed E-state index contributed by atoms with van der Waals surface area (Å²) in [4.78, 5) is 13.5. The van der Waals surface area contributed by atoms with E-state index < -0.39 is 0 Å². The van der Waals surface area contributed by atoms with Gasteiger partial charge in [-0.1, -0.05) is 17.7 Å². The van der Waals surface area contributed by atoms with Gasteiger partial charge in [0.2, 0.25) is 5.91 Å². The summed E-state index contributed by atoms with van der Waals surface area (Å²) in [6.07, 6.45) is 0. The highest BCUT2D eigenvalue weighted by molar-refractivity contribution is 6.34. The van der Waals surface area contributed by atoms with E-state index in [-0.39, 0.29) is 12.5 Å². The SMILES string of the molecule is NCC(=O)Nc1cccc(Cl)c1N1CCOCC1. The molecule has 18 heavy (non-hydrogen) atoms. The van der Waals surface area contributed by atoms with Crippen LogP contribution in [0.25, 0.3) is 0 Å². The minimum atomic E-state index is -0.230. The molecule has 1 aliphatic heterocycles. The van der Waals surface area contributed by atoms with Crippen molar-refractivity contribution in [3.63, 3.8) is 0 Å². The maximum Gasteiger partial charge on any atom is 0.238 e. The van der Waals surface area contributed by atoms with Crippen LogP contribution in [-0.4, -0.2) is 38.8 Å². The van der Waals surface area contributed by atoms with Gasteiger partial charge in [0, 0.05) is 13.1 Å². The van der Waals surface area contributed by atoms with Crippen molar-refractivity contribution in [2.45, 2.75) is 0 Å². The maximum absolute atomic E-state index is 11.4. The Bertz CT molecular complexity index is 433. The van der Waals surface area contributed by atoms with Crippen LogP contribution in [0.15, 0.2) is 18.2 Å². The Balaban J connectivity index is 2.28. The van der Waals surface area contributed by atoms with Crippen LogP contribution in [0.1, 0.15) is 0 Å². The number of morpholine rings is 1. The van der Waals surface area contributed by atoms with Crippen LogP contribution in [0.4, 0.5) is 11.4 Å². The topological polar surface area (TPSA) is 67.6 Å². The van der Waals surface area contributed by atoms with Crippen molar-refractivity contribution in [1.82, 2.24) is 0 Å². The third-order valence-corrected chi connectivity index (χ3v) is 3.08. The number of carbonyl (C=O) groups is 1. The fourth-order valence-corrected chi connectivity index (χ4v) is 2.22. The van der Waals surface area contributed by atoms with Crippen molar-refractivity contribution < 1.29 is 9.53 Å². The first kappa shape index (κ1) is 13.1. The summed E-state index contributed by atoms with van der Waals surface area (Å²) in [5, 5.41) is 3.38. The number of para-hydroxylation sites is 1. The molecule has 2 rings (SSSR count). The maximum atomic E-state index is 11.4. The molecule has 5 nitrogen and oxygen atoms in total. The lowest BCUT2D eigenvalue weighted by Crippen LogP contribution is -2.37. The van der Waals surface area contributed by atoms with E-state index >= 15 is 0 Å². The molecule has 1 heterocycles. The van der Waals surface area contributed by atoms with Crippen LogP contribution in [0.2, 0.25) is 5.02 Å². The predicted molar refractivity (Wildman–Crippen MR) is 72.2 cm³/mol. The molecule has 0 aromatic heterocycles. The van der Waals surface area contributed by atoms with Gasteiger partial charge in [0.25, 0.3) is 0 Å². The molecule has 1 aromatic carbocycles. The van der Waals surface area contributed by atoms with Crippen LogP contribution < -0.4 is 16.0 Å².